The van der Waals surface area contributed by atoms with Gasteiger partial charge in [0.05, 0.1) is 15.9 Å². The van der Waals surface area contributed by atoms with Gasteiger partial charge in [-0.15, -0.1) is 32.9 Å². The highest BCUT2D eigenvalue weighted by atomic mass is 79.9. The Morgan fingerprint density at radius 1 is 1.45 bits per heavy atom. The Bertz CT molecular complexity index is 774. The van der Waals surface area contributed by atoms with Crippen LogP contribution >= 0.6 is 38.6 Å². The molecule has 0 bridgehead atoms. The Labute approximate surface area is 143 Å². The number of aliphatic hydroxyl groups is 1. The maximum atomic E-state index is 10.2. The zero-order valence-corrected chi connectivity index (χ0v) is 14.9. The Morgan fingerprint density at radius 3 is 2.95 bits per heavy atom. The van der Waals surface area contributed by atoms with Crippen molar-refractivity contribution in [2.24, 2.45) is 5.73 Å². The van der Waals surface area contributed by atoms with Crippen LogP contribution in [-0.4, -0.2) is 26.6 Å². The summed E-state index contributed by atoms with van der Waals surface area (Å²) in [5.41, 5.74) is 6.47. The lowest BCUT2D eigenvalue weighted by molar-refractivity contribution is 0.156. The van der Waals surface area contributed by atoms with Crippen LogP contribution in [0.25, 0.3) is 10.2 Å². The Balaban J connectivity index is 1.96. The van der Waals surface area contributed by atoms with Gasteiger partial charge in [-0.05, 0) is 39.5 Å². The lowest BCUT2D eigenvalue weighted by Crippen LogP contribution is -2.23. The number of nitrogens with zero attached hydrogens (tertiary/aromatic N) is 3. The van der Waals surface area contributed by atoms with E-state index in [-0.39, 0.29) is 6.04 Å². The van der Waals surface area contributed by atoms with Crippen molar-refractivity contribution in [3.63, 3.8) is 0 Å². The van der Waals surface area contributed by atoms with Crippen LogP contribution < -0.4 is 11.1 Å². The van der Waals surface area contributed by atoms with Gasteiger partial charge in [0.25, 0.3) is 0 Å². The fourth-order valence-electron chi connectivity index (χ4n) is 1.96. The van der Waals surface area contributed by atoms with Crippen LogP contribution in [0.4, 0.5) is 5.82 Å². The highest BCUT2D eigenvalue weighted by Gasteiger charge is 2.23. The minimum atomic E-state index is -0.751. The largest absolute Gasteiger partial charge is 0.386 e. The summed E-state index contributed by atoms with van der Waals surface area (Å²) in [6.45, 7) is 2.44. The van der Waals surface area contributed by atoms with Crippen LogP contribution in [0.1, 0.15) is 22.8 Å². The van der Waals surface area contributed by atoms with Crippen LogP contribution in [0.5, 0.6) is 0 Å². The molecule has 0 radical (unpaired) electrons. The molecule has 3 aromatic heterocycles. The smallest absolute Gasteiger partial charge is 0.170 e. The molecular formula is C13H14BrN5OS2. The number of aliphatic hydroxyl groups excluding tert-OH is 1. The summed E-state index contributed by atoms with van der Waals surface area (Å²) in [7, 11) is 0. The second kappa shape index (κ2) is 6.55. The van der Waals surface area contributed by atoms with Gasteiger partial charge < -0.3 is 16.2 Å². The van der Waals surface area contributed by atoms with E-state index in [1.165, 1.54) is 16.2 Å². The third-order valence-electron chi connectivity index (χ3n) is 3.13. The molecule has 116 valence electrons. The Kier molecular flexibility index (Phi) is 4.69. The van der Waals surface area contributed by atoms with Gasteiger partial charge in [0.2, 0.25) is 0 Å². The van der Waals surface area contributed by atoms with Crippen molar-refractivity contribution in [1.29, 1.82) is 0 Å². The van der Waals surface area contributed by atoms with Crippen molar-refractivity contribution < 1.29 is 5.11 Å². The average molecular weight is 400 g/mol. The topological polar surface area (TPSA) is 97.0 Å². The molecule has 9 heteroatoms. The molecular weight excluding hydrogens is 386 g/mol. The predicted molar refractivity (Wildman–Crippen MR) is 93.2 cm³/mol. The molecule has 3 rings (SSSR count). The molecule has 1 unspecified atom stereocenters. The van der Waals surface area contributed by atoms with Gasteiger partial charge in [0, 0.05) is 10.9 Å². The van der Waals surface area contributed by atoms with Crippen LogP contribution in [0.15, 0.2) is 22.0 Å². The normalized spacial score (nSPS) is 14.2. The maximum absolute atomic E-state index is 10.2. The second-order valence-corrected chi connectivity index (χ2v) is 7.71. The fourth-order valence-corrected chi connectivity index (χ4v) is 4.68. The summed E-state index contributed by atoms with van der Waals surface area (Å²) >= 11 is 6.58. The van der Waals surface area contributed by atoms with Crippen LogP contribution in [0.3, 0.4) is 0 Å². The molecule has 0 fully saturated rings. The molecule has 0 saturated carbocycles. The van der Waals surface area contributed by atoms with E-state index in [2.05, 4.69) is 42.7 Å². The molecule has 2 atom stereocenters. The molecule has 0 saturated heterocycles. The minimum absolute atomic E-state index is 0.368. The van der Waals surface area contributed by atoms with E-state index < -0.39 is 6.10 Å². The van der Waals surface area contributed by atoms with Gasteiger partial charge in [-0.3, -0.25) is 0 Å². The van der Waals surface area contributed by atoms with Gasteiger partial charge in [0.15, 0.2) is 5.82 Å². The molecule has 3 aromatic rings. The third-order valence-corrected chi connectivity index (χ3v) is 6.33. The van der Waals surface area contributed by atoms with Gasteiger partial charge >= 0.3 is 0 Å². The number of hydrogen-bond acceptors (Lipinski definition) is 8. The molecule has 0 amide bonds. The van der Waals surface area contributed by atoms with Gasteiger partial charge in [-0.25, -0.2) is 0 Å². The lowest BCUT2D eigenvalue weighted by Gasteiger charge is -2.12. The number of hydrogen-bond donors (Lipinski definition) is 3. The van der Waals surface area contributed by atoms with E-state index >= 15 is 0 Å². The minimum Gasteiger partial charge on any atom is -0.386 e. The van der Waals surface area contributed by atoms with Crippen molar-refractivity contribution in [2.45, 2.75) is 25.6 Å². The predicted octanol–water partition coefficient (Wildman–Crippen LogP) is 2.90. The summed E-state index contributed by atoms with van der Waals surface area (Å²) in [5, 5.41) is 27.5. The first-order valence-electron chi connectivity index (χ1n) is 6.59. The van der Waals surface area contributed by atoms with Gasteiger partial charge in [-0.1, -0.05) is 6.07 Å². The van der Waals surface area contributed by atoms with E-state index in [9.17, 15) is 5.11 Å². The van der Waals surface area contributed by atoms with E-state index in [1.54, 1.807) is 18.3 Å². The summed E-state index contributed by atoms with van der Waals surface area (Å²) in [6.07, 6.45) is -0.751. The Morgan fingerprint density at radius 2 is 2.27 bits per heavy atom. The number of fused-ring (bicyclic) bond motifs is 1. The molecule has 0 spiro atoms. The molecule has 0 aliphatic carbocycles. The van der Waals surface area contributed by atoms with E-state index in [1.807, 2.05) is 11.4 Å². The molecule has 4 N–H and O–H groups in total. The number of halogens is 1. The van der Waals surface area contributed by atoms with Crippen molar-refractivity contribution in [3.05, 3.63) is 31.7 Å². The summed E-state index contributed by atoms with van der Waals surface area (Å²) < 4.78 is 1.58. The van der Waals surface area contributed by atoms with Crippen molar-refractivity contribution in [3.8, 4) is 0 Å². The van der Waals surface area contributed by atoms with E-state index in [0.29, 0.717) is 17.9 Å². The standard InChI is InChI=1S/C13H14BrN5OS2/c1-6(15)10(20)11-8(14)9-12(22-11)13(18-19-17-9)16-5-7-3-2-4-21-7/h2-4,6,10,20H,5,15H2,1H3,(H,16,17,18)/t6-,10?/m0/s1. The van der Waals surface area contributed by atoms with Crippen LogP contribution in [-0.2, 0) is 6.54 Å². The zero-order valence-electron chi connectivity index (χ0n) is 11.7. The summed E-state index contributed by atoms with van der Waals surface area (Å²) in [5.74, 6) is 0.659. The van der Waals surface area contributed by atoms with Crippen LogP contribution in [0, 0.1) is 0 Å². The molecule has 3 heterocycles. The van der Waals surface area contributed by atoms with E-state index in [4.69, 9.17) is 5.73 Å². The first-order valence-corrected chi connectivity index (χ1v) is 9.08. The SMILES string of the molecule is C[C@H](N)C(O)c1sc2c(NCc3cccs3)nnnc2c1Br. The van der Waals surface area contributed by atoms with E-state index in [0.717, 1.165) is 14.0 Å². The summed E-state index contributed by atoms with van der Waals surface area (Å²) in [4.78, 5) is 1.95. The maximum Gasteiger partial charge on any atom is 0.170 e. The zero-order chi connectivity index (χ0) is 15.7. The number of nitrogens with two attached hydrogens (primary N) is 1. The number of thiophene rings is 2. The van der Waals surface area contributed by atoms with Crippen LogP contribution in [0.2, 0.25) is 0 Å². The number of aromatic nitrogens is 3. The number of rotatable bonds is 5. The fraction of sp³-hybridized carbons (Fsp3) is 0.308. The molecule has 0 aliphatic rings. The number of anilines is 1. The van der Waals surface area contributed by atoms with Gasteiger partial charge in [0.1, 0.15) is 16.3 Å². The molecule has 0 aliphatic heterocycles. The van der Waals surface area contributed by atoms with Gasteiger partial charge in [-0.2, -0.15) is 0 Å². The number of nitrogens with one attached hydrogen (secondary N) is 1. The molecule has 22 heavy (non-hydrogen) atoms. The van der Waals surface area contributed by atoms with Crippen molar-refractivity contribution in [1.82, 2.24) is 15.4 Å². The summed E-state index contributed by atoms with van der Waals surface area (Å²) in [6, 6.07) is 3.70. The lowest BCUT2D eigenvalue weighted by atomic mass is 10.1. The average Bonchev–Trinajstić information content (AvgIpc) is 3.13. The monoisotopic (exact) mass is 399 g/mol. The quantitative estimate of drug-likeness (QED) is 0.610. The van der Waals surface area contributed by atoms with Crippen molar-refractivity contribution in [2.75, 3.05) is 5.32 Å². The second-order valence-electron chi connectivity index (χ2n) is 4.83. The molecule has 6 nitrogen and oxygen atoms in total. The molecule has 0 aromatic carbocycles. The highest BCUT2D eigenvalue weighted by molar-refractivity contribution is 9.10. The first-order chi connectivity index (χ1) is 10.6. The van der Waals surface area contributed by atoms with Crippen molar-refractivity contribution >= 4 is 54.6 Å². The highest BCUT2D eigenvalue weighted by Crippen LogP contribution is 2.40. The Hall–Kier alpha value is -1.13. The first kappa shape index (κ1) is 15.8. The third kappa shape index (κ3) is 2.99.